The molecule has 0 aliphatic heterocycles. The Morgan fingerprint density at radius 2 is 2.10 bits per heavy atom. The maximum absolute atomic E-state index is 11.4. The smallest absolute Gasteiger partial charge is 0.331 e. The van der Waals surface area contributed by atoms with Crippen molar-refractivity contribution >= 4 is 16.9 Å². The summed E-state index contributed by atoms with van der Waals surface area (Å²) < 4.78 is 6.98. The quantitative estimate of drug-likeness (QED) is 0.793. The molecular formula is C14H14N4O3. The summed E-state index contributed by atoms with van der Waals surface area (Å²) in [6.45, 7) is 5.05. The SMILES string of the molecule is Cc1ccc2oc(-c3nnnn3C(C)(C)C(=O)O)cc2c1. The first-order chi connectivity index (χ1) is 9.89. The predicted molar refractivity (Wildman–Crippen MR) is 74.7 cm³/mol. The van der Waals surface area contributed by atoms with Crippen molar-refractivity contribution in [3.8, 4) is 11.6 Å². The Hall–Kier alpha value is -2.70. The van der Waals surface area contributed by atoms with Gasteiger partial charge in [-0.1, -0.05) is 11.6 Å². The molecule has 7 heteroatoms. The normalized spacial score (nSPS) is 12.0. The highest BCUT2D eigenvalue weighted by atomic mass is 16.4. The van der Waals surface area contributed by atoms with Crippen molar-refractivity contribution in [1.29, 1.82) is 0 Å². The van der Waals surface area contributed by atoms with Crippen molar-refractivity contribution in [1.82, 2.24) is 20.2 Å². The van der Waals surface area contributed by atoms with Crippen LogP contribution in [0.15, 0.2) is 28.7 Å². The van der Waals surface area contributed by atoms with Crippen molar-refractivity contribution in [2.24, 2.45) is 0 Å². The van der Waals surface area contributed by atoms with E-state index in [9.17, 15) is 9.90 Å². The van der Waals surface area contributed by atoms with E-state index in [1.165, 1.54) is 18.5 Å². The average molecular weight is 286 g/mol. The summed E-state index contributed by atoms with van der Waals surface area (Å²) >= 11 is 0. The van der Waals surface area contributed by atoms with Crippen LogP contribution in [0.25, 0.3) is 22.6 Å². The molecule has 108 valence electrons. The van der Waals surface area contributed by atoms with Crippen LogP contribution in [0.5, 0.6) is 0 Å². The number of aryl methyl sites for hydroxylation is 1. The van der Waals surface area contributed by atoms with Crippen LogP contribution < -0.4 is 0 Å². The summed E-state index contributed by atoms with van der Waals surface area (Å²) in [6, 6.07) is 7.60. The van der Waals surface area contributed by atoms with Crippen molar-refractivity contribution in [3.63, 3.8) is 0 Å². The molecular weight excluding hydrogens is 272 g/mol. The first kappa shape index (κ1) is 13.3. The molecule has 0 aliphatic carbocycles. The zero-order chi connectivity index (χ0) is 15.2. The van der Waals surface area contributed by atoms with Gasteiger partial charge in [0.15, 0.2) is 11.3 Å². The van der Waals surface area contributed by atoms with E-state index in [2.05, 4.69) is 15.5 Å². The lowest BCUT2D eigenvalue weighted by Gasteiger charge is -2.19. The lowest BCUT2D eigenvalue weighted by atomic mass is 10.1. The highest BCUT2D eigenvalue weighted by Gasteiger charge is 2.34. The van der Waals surface area contributed by atoms with Gasteiger partial charge in [0.2, 0.25) is 5.82 Å². The Morgan fingerprint density at radius 3 is 2.81 bits per heavy atom. The number of carboxylic acids is 1. The van der Waals surface area contributed by atoms with E-state index >= 15 is 0 Å². The van der Waals surface area contributed by atoms with Crippen molar-refractivity contribution in [2.45, 2.75) is 26.3 Å². The number of rotatable bonds is 3. The molecule has 2 aromatic heterocycles. The third-order valence-electron chi connectivity index (χ3n) is 3.41. The first-order valence-electron chi connectivity index (χ1n) is 6.42. The Morgan fingerprint density at radius 1 is 1.33 bits per heavy atom. The van der Waals surface area contributed by atoms with Gasteiger partial charge in [-0.15, -0.1) is 5.10 Å². The van der Waals surface area contributed by atoms with Crippen LogP contribution in [0.2, 0.25) is 0 Å². The number of aromatic nitrogens is 4. The second-order valence-electron chi connectivity index (χ2n) is 5.43. The summed E-state index contributed by atoms with van der Waals surface area (Å²) in [7, 11) is 0. The minimum atomic E-state index is -1.27. The van der Waals surface area contributed by atoms with Crippen LogP contribution >= 0.6 is 0 Å². The van der Waals surface area contributed by atoms with Crippen molar-refractivity contribution in [3.05, 3.63) is 29.8 Å². The standard InChI is InChI=1S/C14H14N4O3/c1-8-4-5-10-9(6-8)7-11(21-10)12-15-16-17-18(12)14(2,3)13(19)20/h4-7H,1-3H3,(H,19,20). The highest BCUT2D eigenvalue weighted by molar-refractivity contribution is 5.83. The largest absolute Gasteiger partial charge is 0.479 e. The Labute approximate surface area is 120 Å². The molecule has 0 saturated carbocycles. The third-order valence-corrected chi connectivity index (χ3v) is 3.41. The van der Waals surface area contributed by atoms with Gasteiger partial charge in [0.05, 0.1) is 0 Å². The second kappa shape index (κ2) is 4.41. The molecule has 0 saturated heterocycles. The third kappa shape index (κ3) is 2.06. The molecule has 0 amide bonds. The van der Waals surface area contributed by atoms with Crippen molar-refractivity contribution < 1.29 is 14.3 Å². The fraction of sp³-hybridized carbons (Fsp3) is 0.286. The summed E-state index contributed by atoms with van der Waals surface area (Å²) in [5, 5.41) is 21.5. The Bertz CT molecular complexity index is 832. The monoisotopic (exact) mass is 286 g/mol. The van der Waals surface area contributed by atoms with E-state index in [0.717, 1.165) is 10.9 Å². The maximum atomic E-state index is 11.4. The van der Waals surface area contributed by atoms with Gasteiger partial charge in [-0.3, -0.25) is 0 Å². The fourth-order valence-electron chi connectivity index (χ4n) is 2.08. The molecule has 0 spiro atoms. The number of furan rings is 1. The van der Waals surface area contributed by atoms with Crippen molar-refractivity contribution in [2.75, 3.05) is 0 Å². The maximum Gasteiger partial charge on any atom is 0.331 e. The van der Waals surface area contributed by atoms with E-state index in [-0.39, 0.29) is 5.82 Å². The Kier molecular flexibility index (Phi) is 2.79. The van der Waals surface area contributed by atoms with Gasteiger partial charge in [-0.2, -0.15) is 0 Å². The molecule has 7 nitrogen and oxygen atoms in total. The summed E-state index contributed by atoms with van der Waals surface area (Å²) in [4.78, 5) is 11.4. The van der Waals surface area contributed by atoms with Gasteiger partial charge in [0, 0.05) is 5.39 Å². The van der Waals surface area contributed by atoms with Gasteiger partial charge in [-0.05, 0) is 49.4 Å². The summed E-state index contributed by atoms with van der Waals surface area (Å²) in [5.41, 5.74) is 0.548. The lowest BCUT2D eigenvalue weighted by Crippen LogP contribution is -2.37. The molecule has 0 unspecified atom stereocenters. The topological polar surface area (TPSA) is 94.0 Å². The first-order valence-corrected chi connectivity index (χ1v) is 6.42. The molecule has 3 rings (SSSR count). The summed E-state index contributed by atoms with van der Waals surface area (Å²) in [5.74, 6) is -0.297. The molecule has 0 aliphatic rings. The number of carboxylic acid groups (broad SMARTS) is 1. The van der Waals surface area contributed by atoms with Crippen LogP contribution in [0.4, 0.5) is 0 Å². The van der Waals surface area contributed by atoms with Crippen LogP contribution in [-0.4, -0.2) is 31.3 Å². The molecule has 0 radical (unpaired) electrons. The van der Waals surface area contributed by atoms with E-state index < -0.39 is 11.5 Å². The molecule has 2 heterocycles. The number of fused-ring (bicyclic) bond motifs is 1. The minimum absolute atomic E-state index is 0.288. The van der Waals surface area contributed by atoms with Gasteiger partial charge in [0.25, 0.3) is 0 Å². The number of nitrogens with zero attached hydrogens (tertiary/aromatic N) is 4. The second-order valence-corrected chi connectivity index (χ2v) is 5.43. The molecule has 1 N–H and O–H groups in total. The van der Waals surface area contributed by atoms with Gasteiger partial charge >= 0.3 is 5.97 Å². The number of carbonyl (C=O) groups is 1. The van der Waals surface area contributed by atoms with Crippen LogP contribution in [0.3, 0.4) is 0 Å². The average Bonchev–Trinajstić information content (AvgIpc) is 3.03. The predicted octanol–water partition coefficient (Wildman–Crippen LogP) is 2.21. The lowest BCUT2D eigenvalue weighted by molar-refractivity contribution is -0.146. The summed E-state index contributed by atoms with van der Waals surface area (Å²) in [6.07, 6.45) is 0. The molecule has 21 heavy (non-hydrogen) atoms. The highest BCUT2D eigenvalue weighted by Crippen LogP contribution is 2.29. The van der Waals surface area contributed by atoms with Gasteiger partial charge in [0.1, 0.15) is 5.58 Å². The molecule has 0 bridgehead atoms. The molecule has 3 aromatic rings. The number of benzene rings is 1. The number of hydrogen-bond donors (Lipinski definition) is 1. The van der Waals surface area contributed by atoms with Crippen LogP contribution in [-0.2, 0) is 10.3 Å². The minimum Gasteiger partial charge on any atom is -0.479 e. The molecule has 0 fully saturated rings. The van der Waals surface area contributed by atoms with E-state index in [4.69, 9.17) is 4.42 Å². The van der Waals surface area contributed by atoms with Gasteiger partial charge < -0.3 is 9.52 Å². The molecule has 0 atom stereocenters. The van der Waals surface area contributed by atoms with Crippen LogP contribution in [0.1, 0.15) is 19.4 Å². The number of aliphatic carboxylic acids is 1. The zero-order valence-corrected chi connectivity index (χ0v) is 11.9. The van der Waals surface area contributed by atoms with E-state index in [1.54, 1.807) is 0 Å². The number of hydrogen-bond acceptors (Lipinski definition) is 5. The van der Waals surface area contributed by atoms with E-state index in [0.29, 0.717) is 11.3 Å². The zero-order valence-electron chi connectivity index (χ0n) is 11.9. The Balaban J connectivity index is 2.16. The van der Waals surface area contributed by atoms with Gasteiger partial charge in [-0.25, -0.2) is 9.48 Å². The molecule has 1 aromatic carbocycles. The fourth-order valence-corrected chi connectivity index (χ4v) is 2.08. The van der Waals surface area contributed by atoms with Crippen LogP contribution in [0, 0.1) is 6.92 Å². The van der Waals surface area contributed by atoms with E-state index in [1.807, 2.05) is 31.2 Å². The number of tetrazole rings is 1.